The zero-order valence-electron chi connectivity index (χ0n) is 21.0. The van der Waals surface area contributed by atoms with E-state index in [2.05, 4.69) is 32.0 Å². The Kier molecular flexibility index (Phi) is 6.48. The van der Waals surface area contributed by atoms with Crippen molar-refractivity contribution in [3.05, 3.63) is 89.6 Å². The van der Waals surface area contributed by atoms with Crippen LogP contribution in [-0.2, 0) is 14.3 Å². The van der Waals surface area contributed by atoms with Gasteiger partial charge in [0.2, 0.25) is 0 Å². The second-order valence-corrected chi connectivity index (χ2v) is 10.4. The van der Waals surface area contributed by atoms with Crippen LogP contribution in [0, 0.1) is 11.3 Å². The smallest absolute Gasteiger partial charge is 0.315 e. The molecule has 5 rings (SSSR count). The number of ketones is 1. The van der Waals surface area contributed by atoms with Gasteiger partial charge in [0.05, 0.1) is 0 Å². The number of rotatable bonds is 6. The Labute approximate surface area is 211 Å². The number of allylic oxidation sites excluding steroid dienone is 2. The lowest BCUT2D eigenvalue weighted by atomic mass is 9.66. The van der Waals surface area contributed by atoms with Crippen molar-refractivity contribution < 1.29 is 19.1 Å². The molecule has 5 nitrogen and oxygen atoms in total. The number of carbonyl (C=O) groups is 2. The lowest BCUT2D eigenvalue weighted by molar-refractivity contribution is -0.147. The topological polar surface area (TPSA) is 65.0 Å². The molecule has 0 saturated heterocycles. The number of hydrogen-bond acceptors (Lipinski definition) is 5. The molecule has 1 unspecified atom stereocenters. The summed E-state index contributed by atoms with van der Waals surface area (Å²) in [6.07, 6.45) is 1.15. The molecule has 2 atom stereocenters. The van der Waals surface area contributed by atoms with Crippen LogP contribution in [0.3, 0.4) is 0 Å². The summed E-state index contributed by atoms with van der Waals surface area (Å²) in [5.74, 6) is -0.690. The summed E-state index contributed by atoms with van der Waals surface area (Å²) < 4.78 is 11.4. The maximum atomic E-state index is 13.6. The fraction of sp³-hybridized carbons (Fsp3) is 0.323. The van der Waals surface area contributed by atoms with Crippen LogP contribution in [0.15, 0.2) is 89.1 Å². The molecule has 1 aliphatic heterocycles. The summed E-state index contributed by atoms with van der Waals surface area (Å²) >= 11 is 0. The summed E-state index contributed by atoms with van der Waals surface area (Å²) in [6.45, 7) is 6.44. The van der Waals surface area contributed by atoms with E-state index in [1.54, 1.807) is 0 Å². The van der Waals surface area contributed by atoms with Gasteiger partial charge in [0.15, 0.2) is 5.78 Å². The lowest BCUT2D eigenvalue weighted by Gasteiger charge is -2.39. The van der Waals surface area contributed by atoms with Gasteiger partial charge in [0.1, 0.15) is 24.9 Å². The molecule has 5 heteroatoms. The molecule has 0 bridgehead atoms. The Hall–Kier alpha value is -3.73. The minimum Gasteiger partial charge on any atom is -0.490 e. The fourth-order valence-corrected chi connectivity index (χ4v) is 5.52. The average molecular weight is 482 g/mol. The zero-order chi connectivity index (χ0) is 25.3. The van der Waals surface area contributed by atoms with Gasteiger partial charge < -0.3 is 9.47 Å². The molecule has 0 saturated carbocycles. The van der Waals surface area contributed by atoms with Crippen molar-refractivity contribution in [3.8, 4) is 5.75 Å². The number of para-hydroxylation sites is 1. The van der Waals surface area contributed by atoms with Gasteiger partial charge in [-0.25, -0.2) is 0 Å². The van der Waals surface area contributed by atoms with Crippen LogP contribution >= 0.6 is 0 Å². The first kappa shape index (κ1) is 24.0. The molecular formula is C31H31NO4. The third kappa shape index (κ3) is 4.70. The van der Waals surface area contributed by atoms with Crippen molar-refractivity contribution in [1.29, 1.82) is 0 Å². The second kappa shape index (κ2) is 9.73. The SMILES string of the molecule is CC1=NC2=C(C(=O)CC(C)(C)C2)[C@@H](c2cccc3ccccc23)C1C(=O)OCCOc1ccccc1. The zero-order valence-corrected chi connectivity index (χ0v) is 21.0. The van der Waals surface area contributed by atoms with Crippen molar-refractivity contribution >= 4 is 28.2 Å². The van der Waals surface area contributed by atoms with E-state index in [-0.39, 0.29) is 30.4 Å². The largest absolute Gasteiger partial charge is 0.490 e. The maximum Gasteiger partial charge on any atom is 0.315 e. The van der Waals surface area contributed by atoms with Gasteiger partial charge in [-0.2, -0.15) is 0 Å². The third-order valence-electron chi connectivity index (χ3n) is 7.05. The lowest BCUT2D eigenvalue weighted by Crippen LogP contribution is -2.39. The number of carbonyl (C=O) groups excluding carboxylic acids is 2. The summed E-state index contributed by atoms with van der Waals surface area (Å²) in [7, 11) is 0. The van der Waals surface area contributed by atoms with Crippen LogP contribution in [0.4, 0.5) is 0 Å². The summed E-state index contributed by atoms with van der Waals surface area (Å²) in [5, 5.41) is 2.11. The first-order valence-corrected chi connectivity index (χ1v) is 12.5. The average Bonchev–Trinajstić information content (AvgIpc) is 2.85. The van der Waals surface area contributed by atoms with Gasteiger partial charge in [-0.15, -0.1) is 0 Å². The third-order valence-corrected chi connectivity index (χ3v) is 7.05. The Morgan fingerprint density at radius 3 is 2.47 bits per heavy atom. The normalized spacial score (nSPS) is 21.1. The Balaban J connectivity index is 1.49. The van der Waals surface area contributed by atoms with Crippen molar-refractivity contribution in [1.82, 2.24) is 0 Å². The number of aliphatic imine (C=N–C) groups is 1. The van der Waals surface area contributed by atoms with E-state index in [9.17, 15) is 9.59 Å². The van der Waals surface area contributed by atoms with E-state index in [0.717, 1.165) is 27.8 Å². The van der Waals surface area contributed by atoms with Crippen LogP contribution in [0.25, 0.3) is 10.8 Å². The molecule has 1 heterocycles. The summed E-state index contributed by atoms with van der Waals surface area (Å²) in [6, 6.07) is 23.6. The quantitative estimate of drug-likeness (QED) is 0.307. The summed E-state index contributed by atoms with van der Waals surface area (Å²) in [4.78, 5) is 31.9. The molecule has 3 aromatic rings. The highest BCUT2D eigenvalue weighted by Gasteiger charge is 2.46. The van der Waals surface area contributed by atoms with Crippen LogP contribution in [0.1, 0.15) is 45.1 Å². The van der Waals surface area contributed by atoms with Gasteiger partial charge in [0.25, 0.3) is 0 Å². The predicted molar refractivity (Wildman–Crippen MR) is 141 cm³/mol. The monoisotopic (exact) mass is 481 g/mol. The Morgan fingerprint density at radius 1 is 0.944 bits per heavy atom. The minimum atomic E-state index is -0.670. The predicted octanol–water partition coefficient (Wildman–Crippen LogP) is 6.28. The number of nitrogens with zero attached hydrogens (tertiary/aromatic N) is 1. The molecule has 0 spiro atoms. The van der Waals surface area contributed by atoms with Gasteiger partial charge in [-0.3, -0.25) is 14.6 Å². The highest BCUT2D eigenvalue weighted by atomic mass is 16.6. The van der Waals surface area contributed by atoms with Gasteiger partial charge >= 0.3 is 5.97 Å². The standard InChI is InChI=1S/C31H31NO4/c1-20-27(30(34)36-17-16-35-22-12-5-4-6-13-22)28(24-15-9-11-21-10-7-8-14-23(21)24)29-25(32-20)18-31(2,3)19-26(29)33/h4-15,27-28H,16-19H2,1-3H3/t27?,28-/m0/s1. The first-order valence-electron chi connectivity index (χ1n) is 12.5. The highest BCUT2D eigenvalue weighted by molar-refractivity contribution is 6.10. The van der Waals surface area contributed by atoms with E-state index in [1.807, 2.05) is 61.5 Å². The number of hydrogen-bond donors (Lipinski definition) is 0. The Bertz CT molecular complexity index is 1360. The highest BCUT2D eigenvalue weighted by Crippen LogP contribution is 2.49. The van der Waals surface area contributed by atoms with Gasteiger partial charge in [-0.05, 0) is 47.2 Å². The van der Waals surface area contributed by atoms with E-state index < -0.39 is 11.8 Å². The summed E-state index contributed by atoms with van der Waals surface area (Å²) in [5.41, 5.74) is 2.96. The van der Waals surface area contributed by atoms with Crippen molar-refractivity contribution in [2.45, 2.75) is 39.5 Å². The van der Waals surface area contributed by atoms with E-state index in [4.69, 9.17) is 14.5 Å². The first-order chi connectivity index (χ1) is 17.3. The minimum absolute atomic E-state index is 0.0700. The maximum absolute atomic E-state index is 13.6. The fourth-order valence-electron chi connectivity index (χ4n) is 5.52. The number of fused-ring (bicyclic) bond motifs is 1. The van der Waals surface area contributed by atoms with E-state index in [0.29, 0.717) is 24.1 Å². The number of esters is 1. The number of ether oxygens (including phenoxy) is 2. The Morgan fingerprint density at radius 2 is 1.67 bits per heavy atom. The van der Waals surface area contributed by atoms with Crippen LogP contribution in [0.5, 0.6) is 5.75 Å². The molecule has 0 amide bonds. The second-order valence-electron chi connectivity index (χ2n) is 10.4. The number of Topliss-reactive ketones (excluding diaryl/α,β-unsaturated/α-hetero) is 1. The molecule has 3 aromatic carbocycles. The van der Waals surface area contributed by atoms with Crippen molar-refractivity contribution in [2.24, 2.45) is 16.3 Å². The van der Waals surface area contributed by atoms with Gasteiger partial charge in [-0.1, -0.05) is 74.5 Å². The molecule has 184 valence electrons. The molecule has 0 radical (unpaired) electrons. The molecule has 0 fully saturated rings. The molecule has 0 N–H and O–H groups in total. The number of benzene rings is 3. The van der Waals surface area contributed by atoms with Crippen LogP contribution in [0.2, 0.25) is 0 Å². The van der Waals surface area contributed by atoms with Crippen LogP contribution in [-0.4, -0.2) is 30.7 Å². The van der Waals surface area contributed by atoms with Crippen molar-refractivity contribution in [3.63, 3.8) is 0 Å². The van der Waals surface area contributed by atoms with Gasteiger partial charge in [0, 0.05) is 29.3 Å². The molecular weight excluding hydrogens is 450 g/mol. The molecule has 2 aliphatic rings. The van der Waals surface area contributed by atoms with E-state index in [1.165, 1.54) is 0 Å². The molecule has 0 aromatic heterocycles. The molecule has 1 aliphatic carbocycles. The molecule has 36 heavy (non-hydrogen) atoms. The van der Waals surface area contributed by atoms with Crippen LogP contribution < -0.4 is 4.74 Å². The van der Waals surface area contributed by atoms with E-state index >= 15 is 0 Å². The van der Waals surface area contributed by atoms with Crippen molar-refractivity contribution in [2.75, 3.05) is 13.2 Å².